The van der Waals surface area contributed by atoms with Crippen LogP contribution in [-0.2, 0) is 0 Å². The molecular formula is C8H18ClNS. The molecule has 1 atom stereocenters. The average Bonchev–Trinajstić information content (AvgIpc) is 2.00. The maximum absolute atomic E-state index is 5.65. The fourth-order valence-corrected chi connectivity index (χ4v) is 2.21. The van der Waals surface area contributed by atoms with Crippen molar-refractivity contribution in [3.63, 3.8) is 0 Å². The van der Waals surface area contributed by atoms with Gasteiger partial charge in [-0.3, -0.25) is 0 Å². The highest BCUT2D eigenvalue weighted by Crippen LogP contribution is 2.07. The van der Waals surface area contributed by atoms with E-state index in [1.54, 1.807) is 0 Å². The Bertz CT molecular complexity index is 90.2. The molecule has 0 aliphatic carbocycles. The summed E-state index contributed by atoms with van der Waals surface area (Å²) in [7, 11) is 2.15. The van der Waals surface area contributed by atoms with E-state index < -0.39 is 0 Å². The fraction of sp³-hybridized carbons (Fsp3) is 1.00. The predicted octanol–water partition coefficient (Wildman–Crippen LogP) is 2.30. The quantitative estimate of drug-likeness (QED) is 0.599. The molecule has 3 heteroatoms. The van der Waals surface area contributed by atoms with Crippen LogP contribution in [0.4, 0.5) is 0 Å². The van der Waals surface area contributed by atoms with Crippen LogP contribution in [0.2, 0.25) is 0 Å². The molecule has 0 spiro atoms. The molecule has 1 nitrogen and oxygen atoms in total. The minimum Gasteiger partial charge on any atom is -0.301 e. The number of hydrogen-bond donors (Lipinski definition) is 0. The van der Waals surface area contributed by atoms with Crippen LogP contribution in [0, 0.1) is 0 Å². The Morgan fingerprint density at radius 3 is 2.55 bits per heavy atom. The molecule has 0 aliphatic heterocycles. The molecule has 0 aromatic rings. The van der Waals surface area contributed by atoms with Crippen molar-refractivity contribution >= 4 is 23.4 Å². The highest BCUT2D eigenvalue weighted by atomic mass is 35.5. The molecule has 0 aromatic heterocycles. The maximum atomic E-state index is 5.65. The van der Waals surface area contributed by atoms with Gasteiger partial charge in [0.25, 0.3) is 0 Å². The lowest BCUT2D eigenvalue weighted by atomic mass is 10.2. The third-order valence-electron chi connectivity index (χ3n) is 1.89. The van der Waals surface area contributed by atoms with E-state index in [-0.39, 0.29) is 0 Å². The predicted molar refractivity (Wildman–Crippen MR) is 55.8 cm³/mol. The Morgan fingerprint density at radius 1 is 1.55 bits per heavy atom. The van der Waals surface area contributed by atoms with Crippen LogP contribution >= 0.6 is 23.4 Å². The van der Waals surface area contributed by atoms with Gasteiger partial charge in [-0.05, 0) is 19.7 Å². The molecule has 0 bridgehead atoms. The summed E-state index contributed by atoms with van der Waals surface area (Å²) in [4.78, 5) is 2.34. The molecule has 0 saturated heterocycles. The zero-order valence-corrected chi connectivity index (χ0v) is 9.21. The van der Waals surface area contributed by atoms with E-state index in [9.17, 15) is 0 Å². The van der Waals surface area contributed by atoms with Crippen LogP contribution in [0.15, 0.2) is 0 Å². The lowest BCUT2D eigenvalue weighted by molar-refractivity contribution is 0.271. The molecule has 0 amide bonds. The molecule has 0 rings (SSSR count). The molecule has 11 heavy (non-hydrogen) atoms. The Kier molecular flexibility index (Phi) is 7.66. The largest absolute Gasteiger partial charge is 0.301 e. The number of halogens is 1. The summed E-state index contributed by atoms with van der Waals surface area (Å²) in [5.74, 6) is 1.95. The molecular weight excluding hydrogens is 178 g/mol. The summed E-state index contributed by atoms with van der Waals surface area (Å²) in [5, 5.41) is 0. The number of hydrogen-bond acceptors (Lipinski definition) is 2. The van der Waals surface area contributed by atoms with Gasteiger partial charge in [0, 0.05) is 24.2 Å². The summed E-state index contributed by atoms with van der Waals surface area (Å²) in [6, 6.07) is 0.698. The first-order valence-electron chi connectivity index (χ1n) is 4.01. The van der Waals surface area contributed by atoms with Gasteiger partial charge in [0.05, 0.1) is 0 Å². The second kappa shape index (κ2) is 7.26. The van der Waals surface area contributed by atoms with Gasteiger partial charge in [0.15, 0.2) is 0 Å². The first-order valence-corrected chi connectivity index (χ1v) is 5.94. The lowest BCUT2D eigenvalue weighted by Crippen LogP contribution is -2.34. The Morgan fingerprint density at radius 2 is 2.18 bits per heavy atom. The SMILES string of the molecule is CCC(CSC)N(C)CCCl. The van der Waals surface area contributed by atoms with Crippen LogP contribution in [0.5, 0.6) is 0 Å². The van der Waals surface area contributed by atoms with E-state index in [0.29, 0.717) is 6.04 Å². The molecule has 0 aromatic carbocycles. The van der Waals surface area contributed by atoms with Gasteiger partial charge < -0.3 is 4.90 Å². The minimum atomic E-state index is 0.698. The van der Waals surface area contributed by atoms with Crippen LogP contribution < -0.4 is 0 Å². The molecule has 0 heterocycles. The Balaban J connectivity index is 3.61. The summed E-state index contributed by atoms with van der Waals surface area (Å²) in [5.41, 5.74) is 0. The second-order valence-corrected chi connectivity index (χ2v) is 3.98. The van der Waals surface area contributed by atoms with Gasteiger partial charge in [-0.2, -0.15) is 11.8 Å². The van der Waals surface area contributed by atoms with Crippen molar-refractivity contribution in [3.8, 4) is 0 Å². The van der Waals surface area contributed by atoms with Crippen molar-refractivity contribution in [2.75, 3.05) is 31.5 Å². The maximum Gasteiger partial charge on any atom is 0.0351 e. The van der Waals surface area contributed by atoms with E-state index >= 15 is 0 Å². The second-order valence-electron chi connectivity index (χ2n) is 2.69. The summed E-state index contributed by atoms with van der Waals surface area (Å²) >= 11 is 7.55. The molecule has 0 N–H and O–H groups in total. The number of nitrogens with zero attached hydrogens (tertiary/aromatic N) is 1. The molecule has 0 aliphatic rings. The molecule has 0 fully saturated rings. The van der Waals surface area contributed by atoms with Crippen molar-refractivity contribution < 1.29 is 0 Å². The van der Waals surface area contributed by atoms with Crippen LogP contribution in [-0.4, -0.2) is 42.4 Å². The Labute approximate surface area is 79.5 Å². The minimum absolute atomic E-state index is 0.698. The van der Waals surface area contributed by atoms with Gasteiger partial charge in [0.2, 0.25) is 0 Å². The number of thioether (sulfide) groups is 1. The average molecular weight is 196 g/mol. The van der Waals surface area contributed by atoms with Gasteiger partial charge >= 0.3 is 0 Å². The summed E-state index contributed by atoms with van der Waals surface area (Å²) in [6.45, 7) is 3.23. The number of rotatable bonds is 6. The monoisotopic (exact) mass is 195 g/mol. The van der Waals surface area contributed by atoms with Gasteiger partial charge in [-0.1, -0.05) is 6.92 Å². The van der Waals surface area contributed by atoms with Gasteiger partial charge in [0.1, 0.15) is 0 Å². The highest BCUT2D eigenvalue weighted by Gasteiger charge is 2.10. The van der Waals surface area contributed by atoms with Crippen molar-refractivity contribution in [3.05, 3.63) is 0 Å². The normalized spacial score (nSPS) is 13.9. The smallest absolute Gasteiger partial charge is 0.0351 e. The van der Waals surface area contributed by atoms with Crippen LogP contribution in [0.3, 0.4) is 0 Å². The number of alkyl halides is 1. The van der Waals surface area contributed by atoms with Gasteiger partial charge in [-0.15, -0.1) is 11.6 Å². The van der Waals surface area contributed by atoms with E-state index in [2.05, 4.69) is 25.1 Å². The summed E-state index contributed by atoms with van der Waals surface area (Å²) < 4.78 is 0. The van der Waals surface area contributed by atoms with Crippen LogP contribution in [0.25, 0.3) is 0 Å². The van der Waals surface area contributed by atoms with E-state index in [0.717, 1.165) is 12.4 Å². The first-order chi connectivity index (χ1) is 5.26. The molecule has 1 unspecified atom stereocenters. The lowest BCUT2D eigenvalue weighted by Gasteiger charge is -2.25. The van der Waals surface area contributed by atoms with Crippen molar-refractivity contribution in [2.45, 2.75) is 19.4 Å². The van der Waals surface area contributed by atoms with Crippen molar-refractivity contribution in [1.82, 2.24) is 4.90 Å². The summed E-state index contributed by atoms with van der Waals surface area (Å²) in [6.07, 6.45) is 3.37. The molecule has 0 saturated carbocycles. The topological polar surface area (TPSA) is 3.24 Å². The molecule has 0 radical (unpaired) electrons. The van der Waals surface area contributed by atoms with Crippen LogP contribution in [0.1, 0.15) is 13.3 Å². The third kappa shape index (κ3) is 4.94. The van der Waals surface area contributed by atoms with E-state index in [1.807, 2.05) is 11.8 Å². The highest BCUT2D eigenvalue weighted by molar-refractivity contribution is 7.98. The third-order valence-corrected chi connectivity index (χ3v) is 2.78. The zero-order chi connectivity index (χ0) is 8.69. The molecule has 68 valence electrons. The Hall–Kier alpha value is 0.600. The van der Waals surface area contributed by atoms with E-state index in [4.69, 9.17) is 11.6 Å². The van der Waals surface area contributed by atoms with Crippen molar-refractivity contribution in [2.24, 2.45) is 0 Å². The van der Waals surface area contributed by atoms with Gasteiger partial charge in [-0.25, -0.2) is 0 Å². The fourth-order valence-electron chi connectivity index (χ4n) is 1.07. The van der Waals surface area contributed by atoms with Crippen molar-refractivity contribution in [1.29, 1.82) is 0 Å². The zero-order valence-electron chi connectivity index (χ0n) is 7.64. The first kappa shape index (κ1) is 11.6. The standard InChI is InChI=1S/C8H18ClNS/c1-4-8(7-11-3)10(2)6-5-9/h8H,4-7H2,1-3H3. The van der Waals surface area contributed by atoms with E-state index in [1.165, 1.54) is 12.2 Å².